The molecule has 0 aliphatic heterocycles. The second kappa shape index (κ2) is 9.17. The van der Waals surface area contributed by atoms with Crippen LogP contribution in [0.4, 0.5) is 5.69 Å². The third-order valence-corrected chi connectivity index (χ3v) is 4.06. The third kappa shape index (κ3) is 5.76. The molecule has 1 aromatic rings. The van der Waals surface area contributed by atoms with Gasteiger partial charge in [-0.2, -0.15) is 5.10 Å². The van der Waals surface area contributed by atoms with Crippen LogP contribution in [0, 0.1) is 0 Å². The van der Waals surface area contributed by atoms with Crippen molar-refractivity contribution in [3.8, 4) is 0 Å². The van der Waals surface area contributed by atoms with Crippen molar-refractivity contribution in [2.75, 3.05) is 32.5 Å². The molecule has 0 spiro atoms. The van der Waals surface area contributed by atoms with Crippen molar-refractivity contribution in [2.45, 2.75) is 38.8 Å². The molecule has 0 saturated carbocycles. The summed E-state index contributed by atoms with van der Waals surface area (Å²) in [6, 6.07) is 0.167. The van der Waals surface area contributed by atoms with E-state index in [-0.39, 0.29) is 11.6 Å². The Bertz CT molecular complexity index is 489. The highest BCUT2D eigenvalue weighted by atomic mass is 79.9. The number of aromatic nitrogens is 2. The van der Waals surface area contributed by atoms with E-state index in [9.17, 15) is 4.79 Å². The molecule has 0 amide bonds. The lowest BCUT2D eigenvalue weighted by Gasteiger charge is -2.19. The normalized spacial score (nSPS) is 12.7. The first-order chi connectivity index (χ1) is 9.99. The van der Waals surface area contributed by atoms with Gasteiger partial charge in [0, 0.05) is 19.1 Å². The molecule has 0 aliphatic carbocycles. The molecule has 0 aliphatic rings. The van der Waals surface area contributed by atoms with Crippen LogP contribution in [0.25, 0.3) is 0 Å². The van der Waals surface area contributed by atoms with Gasteiger partial charge in [0.05, 0.1) is 18.4 Å². The van der Waals surface area contributed by atoms with Crippen LogP contribution < -0.4 is 16.6 Å². The van der Waals surface area contributed by atoms with Crippen molar-refractivity contribution in [3.05, 3.63) is 21.0 Å². The number of halogens is 1. The number of unbranched alkanes of at least 4 members (excludes halogenated alkanes) is 1. The standard InChI is InChI=1S/C14H26BrN5O/c1-4-5-6-11(9-16)18-12-10-17-20(8-7-19(2)3)14(21)13(12)15/h10-11,18H,4-9,16H2,1-3H3. The Morgan fingerprint density at radius 3 is 2.81 bits per heavy atom. The number of rotatable bonds is 9. The molecule has 0 radical (unpaired) electrons. The minimum atomic E-state index is -0.117. The minimum absolute atomic E-state index is 0.117. The van der Waals surface area contributed by atoms with Gasteiger partial charge in [-0.1, -0.05) is 19.8 Å². The maximum Gasteiger partial charge on any atom is 0.283 e. The predicted octanol–water partition coefficient (Wildman–Crippen LogP) is 1.50. The quantitative estimate of drug-likeness (QED) is 0.698. The van der Waals surface area contributed by atoms with Gasteiger partial charge in [-0.15, -0.1) is 0 Å². The molecule has 1 rings (SSSR count). The van der Waals surface area contributed by atoms with Crippen molar-refractivity contribution < 1.29 is 0 Å². The van der Waals surface area contributed by atoms with Crippen LogP contribution in [0.1, 0.15) is 26.2 Å². The molecule has 0 saturated heterocycles. The summed E-state index contributed by atoms with van der Waals surface area (Å²) in [5.41, 5.74) is 6.37. The zero-order chi connectivity index (χ0) is 15.8. The second-order valence-electron chi connectivity index (χ2n) is 5.42. The molecule has 6 nitrogen and oxygen atoms in total. The van der Waals surface area contributed by atoms with Gasteiger partial charge in [0.25, 0.3) is 5.56 Å². The Labute approximate surface area is 134 Å². The summed E-state index contributed by atoms with van der Waals surface area (Å²) in [4.78, 5) is 14.3. The fourth-order valence-corrected chi connectivity index (χ4v) is 2.36. The van der Waals surface area contributed by atoms with Gasteiger partial charge < -0.3 is 16.0 Å². The van der Waals surface area contributed by atoms with Crippen molar-refractivity contribution in [3.63, 3.8) is 0 Å². The minimum Gasteiger partial charge on any atom is -0.379 e. The molecule has 1 aromatic heterocycles. The molecule has 3 N–H and O–H groups in total. The predicted molar refractivity (Wildman–Crippen MR) is 90.7 cm³/mol. The number of hydrogen-bond donors (Lipinski definition) is 2. The fraction of sp³-hybridized carbons (Fsp3) is 0.714. The van der Waals surface area contributed by atoms with Crippen LogP contribution in [0.3, 0.4) is 0 Å². The number of nitrogens with one attached hydrogen (secondary N) is 1. The van der Waals surface area contributed by atoms with Crippen LogP contribution in [0.2, 0.25) is 0 Å². The summed E-state index contributed by atoms with van der Waals surface area (Å²) in [6.07, 6.45) is 4.92. The van der Waals surface area contributed by atoms with Crippen molar-refractivity contribution in [1.82, 2.24) is 14.7 Å². The molecular formula is C14H26BrN5O. The summed E-state index contributed by atoms with van der Waals surface area (Å²) in [5.74, 6) is 0. The highest BCUT2D eigenvalue weighted by Gasteiger charge is 2.12. The van der Waals surface area contributed by atoms with Crippen LogP contribution in [0.5, 0.6) is 0 Å². The Kier molecular flexibility index (Phi) is 7.92. The number of nitrogens with zero attached hydrogens (tertiary/aromatic N) is 3. The monoisotopic (exact) mass is 359 g/mol. The number of hydrogen-bond acceptors (Lipinski definition) is 5. The van der Waals surface area contributed by atoms with Gasteiger partial charge in [0.15, 0.2) is 0 Å². The summed E-state index contributed by atoms with van der Waals surface area (Å²) < 4.78 is 1.99. The second-order valence-corrected chi connectivity index (χ2v) is 6.22. The van der Waals surface area contributed by atoms with Gasteiger partial charge in [-0.05, 0) is 36.4 Å². The fourth-order valence-electron chi connectivity index (χ4n) is 1.94. The van der Waals surface area contributed by atoms with E-state index in [4.69, 9.17) is 5.73 Å². The first-order valence-electron chi connectivity index (χ1n) is 7.36. The van der Waals surface area contributed by atoms with Crippen molar-refractivity contribution in [1.29, 1.82) is 0 Å². The Morgan fingerprint density at radius 2 is 2.24 bits per heavy atom. The smallest absolute Gasteiger partial charge is 0.283 e. The largest absolute Gasteiger partial charge is 0.379 e. The molecule has 1 atom stereocenters. The van der Waals surface area contributed by atoms with Crippen LogP contribution in [-0.4, -0.2) is 47.9 Å². The molecule has 0 bridgehead atoms. The Hall–Kier alpha value is -0.920. The number of anilines is 1. The molecule has 120 valence electrons. The van der Waals surface area contributed by atoms with Gasteiger partial charge in [-0.25, -0.2) is 4.68 Å². The SMILES string of the molecule is CCCCC(CN)Nc1cnn(CCN(C)C)c(=O)c1Br. The number of nitrogens with two attached hydrogens (primary N) is 1. The Morgan fingerprint density at radius 1 is 1.52 bits per heavy atom. The summed E-state index contributed by atoms with van der Waals surface area (Å²) in [7, 11) is 3.94. The van der Waals surface area contributed by atoms with Crippen LogP contribution >= 0.6 is 15.9 Å². The van der Waals surface area contributed by atoms with E-state index >= 15 is 0 Å². The van der Waals surface area contributed by atoms with Crippen LogP contribution in [0.15, 0.2) is 15.5 Å². The highest BCUT2D eigenvalue weighted by Crippen LogP contribution is 2.18. The molecule has 7 heteroatoms. The van der Waals surface area contributed by atoms with E-state index in [1.54, 1.807) is 6.20 Å². The molecule has 0 fully saturated rings. The molecule has 1 heterocycles. The lowest BCUT2D eigenvalue weighted by molar-refractivity contribution is 0.367. The van der Waals surface area contributed by atoms with Gasteiger partial charge in [0.1, 0.15) is 4.47 Å². The first kappa shape index (κ1) is 18.1. The van der Waals surface area contributed by atoms with Gasteiger partial charge in [-0.3, -0.25) is 4.79 Å². The van der Waals surface area contributed by atoms with Crippen molar-refractivity contribution >= 4 is 21.6 Å². The van der Waals surface area contributed by atoms with E-state index in [2.05, 4.69) is 33.3 Å². The van der Waals surface area contributed by atoms with Crippen molar-refractivity contribution in [2.24, 2.45) is 5.73 Å². The third-order valence-electron chi connectivity index (χ3n) is 3.29. The zero-order valence-corrected chi connectivity index (χ0v) is 14.7. The average molecular weight is 360 g/mol. The van der Waals surface area contributed by atoms with Gasteiger partial charge in [0.2, 0.25) is 0 Å². The van der Waals surface area contributed by atoms with Crippen LogP contribution in [-0.2, 0) is 6.54 Å². The zero-order valence-electron chi connectivity index (χ0n) is 13.1. The number of likely N-dealkylation sites (N-methyl/N-ethyl adjacent to an activating group) is 1. The maximum atomic E-state index is 12.2. The summed E-state index contributed by atoms with van der Waals surface area (Å²) >= 11 is 3.37. The molecular weight excluding hydrogens is 334 g/mol. The van der Waals surface area contributed by atoms with E-state index in [1.807, 2.05) is 19.0 Å². The van der Waals surface area contributed by atoms with Gasteiger partial charge >= 0.3 is 0 Å². The van der Waals surface area contributed by atoms with E-state index in [0.717, 1.165) is 25.8 Å². The lowest BCUT2D eigenvalue weighted by atomic mass is 10.1. The summed E-state index contributed by atoms with van der Waals surface area (Å²) in [6.45, 7) is 4.03. The molecule has 1 unspecified atom stereocenters. The Balaban J connectivity index is 2.80. The summed E-state index contributed by atoms with van der Waals surface area (Å²) in [5, 5.41) is 7.53. The average Bonchev–Trinajstić information content (AvgIpc) is 2.46. The van der Waals surface area contributed by atoms with E-state index in [0.29, 0.717) is 23.2 Å². The lowest BCUT2D eigenvalue weighted by Crippen LogP contribution is -2.32. The van der Waals surface area contributed by atoms with E-state index < -0.39 is 0 Å². The molecule has 21 heavy (non-hydrogen) atoms. The highest BCUT2D eigenvalue weighted by molar-refractivity contribution is 9.10. The molecule has 0 aromatic carbocycles. The first-order valence-corrected chi connectivity index (χ1v) is 8.15. The van der Waals surface area contributed by atoms with E-state index in [1.165, 1.54) is 4.68 Å². The maximum absolute atomic E-state index is 12.2. The topological polar surface area (TPSA) is 76.2 Å².